The Bertz CT molecular complexity index is 424. The van der Waals surface area contributed by atoms with E-state index in [4.69, 9.17) is 0 Å². The minimum Gasteiger partial charge on any atom is -0.389 e. The normalized spacial score (nSPS) is 26.2. The second-order valence-corrected chi connectivity index (χ2v) is 6.34. The number of nitrogens with zero attached hydrogens (tertiary/aromatic N) is 1. The lowest BCUT2D eigenvalue weighted by Gasteiger charge is -2.40. The lowest BCUT2D eigenvalue weighted by Crippen LogP contribution is -2.45. The van der Waals surface area contributed by atoms with E-state index in [2.05, 4.69) is 18.7 Å². The molecule has 1 fully saturated rings. The number of thioether (sulfide) groups is 1. The molecule has 1 heterocycles. The van der Waals surface area contributed by atoms with Gasteiger partial charge in [0.25, 0.3) is 0 Å². The summed E-state index contributed by atoms with van der Waals surface area (Å²) in [5, 5.41) is 10.3. The highest BCUT2D eigenvalue weighted by atomic mass is 32.2. The maximum atomic E-state index is 13.9. The maximum Gasteiger partial charge on any atom is 0.131 e. The number of aliphatic hydroxyl groups is 1. The van der Waals surface area contributed by atoms with Crippen molar-refractivity contribution in [1.82, 2.24) is 0 Å². The molecule has 100 valence electrons. The molecule has 0 radical (unpaired) electrons. The Labute approximate surface area is 112 Å². The molecule has 0 saturated carbocycles. The Balaban J connectivity index is 2.41. The van der Waals surface area contributed by atoms with Crippen LogP contribution in [0.5, 0.6) is 0 Å². The summed E-state index contributed by atoms with van der Waals surface area (Å²) in [5.74, 6) is 0.724. The highest BCUT2D eigenvalue weighted by Gasteiger charge is 2.28. The van der Waals surface area contributed by atoms with Gasteiger partial charge in [-0.25, -0.2) is 4.39 Å². The standard InChI is InChI=1S/C14H20FNOS/c1-9-11(3)18-8-7-16(9)13-6-4-5-12(15)14(13)10(2)17/h4-6,9-11,17H,7-8H2,1-3H3/t9?,10-,11?/m0/s1. The third kappa shape index (κ3) is 2.50. The number of anilines is 1. The van der Waals surface area contributed by atoms with Gasteiger partial charge in [0.2, 0.25) is 0 Å². The van der Waals surface area contributed by atoms with Crippen molar-refractivity contribution in [2.75, 3.05) is 17.2 Å². The number of hydrogen-bond acceptors (Lipinski definition) is 3. The van der Waals surface area contributed by atoms with Crippen molar-refractivity contribution in [3.63, 3.8) is 0 Å². The van der Waals surface area contributed by atoms with Crippen LogP contribution in [0.2, 0.25) is 0 Å². The minimum atomic E-state index is -0.779. The van der Waals surface area contributed by atoms with E-state index in [0.717, 1.165) is 18.0 Å². The van der Waals surface area contributed by atoms with E-state index in [1.165, 1.54) is 6.07 Å². The first-order valence-electron chi connectivity index (χ1n) is 6.37. The average molecular weight is 269 g/mol. The molecule has 0 aromatic heterocycles. The van der Waals surface area contributed by atoms with Crippen LogP contribution in [0.1, 0.15) is 32.4 Å². The molecule has 0 spiro atoms. The summed E-state index contributed by atoms with van der Waals surface area (Å²) in [4.78, 5) is 2.21. The fourth-order valence-electron chi connectivity index (χ4n) is 2.46. The summed E-state index contributed by atoms with van der Waals surface area (Å²) in [7, 11) is 0. The topological polar surface area (TPSA) is 23.5 Å². The Hall–Kier alpha value is -0.740. The predicted molar refractivity (Wildman–Crippen MR) is 75.8 cm³/mol. The molecule has 4 heteroatoms. The molecule has 1 aromatic carbocycles. The van der Waals surface area contributed by atoms with Crippen molar-refractivity contribution >= 4 is 17.4 Å². The second-order valence-electron chi connectivity index (χ2n) is 4.86. The third-order valence-electron chi connectivity index (χ3n) is 3.64. The third-order valence-corrected chi connectivity index (χ3v) is 4.98. The van der Waals surface area contributed by atoms with E-state index < -0.39 is 6.10 Å². The van der Waals surface area contributed by atoms with Crippen LogP contribution in [-0.2, 0) is 0 Å². The van der Waals surface area contributed by atoms with Crippen LogP contribution in [0.4, 0.5) is 10.1 Å². The largest absolute Gasteiger partial charge is 0.389 e. The molecule has 0 aliphatic carbocycles. The van der Waals surface area contributed by atoms with Gasteiger partial charge in [0.1, 0.15) is 5.82 Å². The van der Waals surface area contributed by atoms with Gasteiger partial charge in [0.15, 0.2) is 0 Å². The SMILES string of the molecule is CC1SCCN(c2cccc(F)c2[C@H](C)O)C1C. The zero-order valence-corrected chi connectivity index (χ0v) is 11.9. The highest BCUT2D eigenvalue weighted by molar-refractivity contribution is 8.00. The first kappa shape index (κ1) is 13.7. The Kier molecular flexibility index (Phi) is 4.17. The lowest BCUT2D eigenvalue weighted by molar-refractivity contribution is 0.194. The van der Waals surface area contributed by atoms with E-state index in [1.807, 2.05) is 17.8 Å². The Morgan fingerprint density at radius 2 is 2.17 bits per heavy atom. The van der Waals surface area contributed by atoms with Crippen LogP contribution in [-0.4, -0.2) is 28.7 Å². The maximum absolute atomic E-state index is 13.9. The van der Waals surface area contributed by atoms with Gasteiger partial charge in [-0.15, -0.1) is 0 Å². The molecule has 1 aliphatic heterocycles. The summed E-state index contributed by atoms with van der Waals surface area (Å²) in [6.45, 7) is 6.88. The fourth-order valence-corrected chi connectivity index (χ4v) is 3.56. The van der Waals surface area contributed by atoms with Crippen molar-refractivity contribution in [1.29, 1.82) is 0 Å². The van der Waals surface area contributed by atoms with Crippen molar-refractivity contribution in [3.8, 4) is 0 Å². The van der Waals surface area contributed by atoms with E-state index in [-0.39, 0.29) is 5.82 Å². The molecule has 1 N–H and O–H groups in total. The van der Waals surface area contributed by atoms with E-state index in [0.29, 0.717) is 16.9 Å². The van der Waals surface area contributed by atoms with Crippen molar-refractivity contribution in [2.45, 2.75) is 38.2 Å². The van der Waals surface area contributed by atoms with Gasteiger partial charge < -0.3 is 10.0 Å². The minimum absolute atomic E-state index is 0.319. The number of benzene rings is 1. The number of halogens is 1. The van der Waals surface area contributed by atoms with Crippen LogP contribution < -0.4 is 4.90 Å². The summed E-state index contributed by atoms with van der Waals surface area (Å²) in [6.07, 6.45) is -0.779. The molecule has 1 aromatic rings. The summed E-state index contributed by atoms with van der Waals surface area (Å²) in [6, 6.07) is 5.39. The van der Waals surface area contributed by atoms with Crippen molar-refractivity contribution in [3.05, 3.63) is 29.6 Å². The van der Waals surface area contributed by atoms with Crippen LogP contribution in [0, 0.1) is 5.82 Å². The smallest absolute Gasteiger partial charge is 0.131 e. The quantitative estimate of drug-likeness (QED) is 0.892. The van der Waals surface area contributed by atoms with Crippen molar-refractivity contribution in [2.24, 2.45) is 0 Å². The van der Waals surface area contributed by atoms with Gasteiger partial charge in [0.05, 0.1) is 6.10 Å². The molecule has 0 bridgehead atoms. The summed E-state index contributed by atoms with van der Waals surface area (Å²) >= 11 is 1.95. The van der Waals surface area contributed by atoms with Gasteiger partial charge in [-0.2, -0.15) is 11.8 Å². The van der Waals surface area contributed by atoms with Gasteiger partial charge in [0, 0.05) is 34.8 Å². The van der Waals surface area contributed by atoms with Gasteiger partial charge in [-0.05, 0) is 26.0 Å². The molecular weight excluding hydrogens is 249 g/mol. The predicted octanol–water partition coefficient (Wildman–Crippen LogP) is 3.21. The molecule has 2 nitrogen and oxygen atoms in total. The van der Waals surface area contributed by atoms with E-state index >= 15 is 0 Å². The summed E-state index contributed by atoms with van der Waals surface area (Å²) in [5.41, 5.74) is 1.26. The zero-order chi connectivity index (χ0) is 13.3. The number of rotatable bonds is 2. The molecule has 1 saturated heterocycles. The first-order valence-corrected chi connectivity index (χ1v) is 7.42. The van der Waals surface area contributed by atoms with Crippen LogP contribution in [0.15, 0.2) is 18.2 Å². The van der Waals surface area contributed by atoms with Gasteiger partial charge >= 0.3 is 0 Å². The molecule has 2 unspecified atom stereocenters. The molecular formula is C14H20FNOS. The molecule has 1 aliphatic rings. The molecule has 18 heavy (non-hydrogen) atoms. The van der Waals surface area contributed by atoms with Crippen LogP contribution in [0.3, 0.4) is 0 Å². The Morgan fingerprint density at radius 3 is 2.83 bits per heavy atom. The van der Waals surface area contributed by atoms with Crippen LogP contribution in [0.25, 0.3) is 0 Å². The number of aliphatic hydroxyl groups excluding tert-OH is 1. The lowest BCUT2D eigenvalue weighted by atomic mass is 10.0. The molecule has 3 atom stereocenters. The first-order chi connectivity index (χ1) is 8.52. The molecule has 2 rings (SSSR count). The highest BCUT2D eigenvalue weighted by Crippen LogP contribution is 2.34. The monoisotopic (exact) mass is 269 g/mol. The summed E-state index contributed by atoms with van der Waals surface area (Å²) < 4.78 is 13.9. The molecule has 0 amide bonds. The van der Waals surface area contributed by atoms with Gasteiger partial charge in [-0.3, -0.25) is 0 Å². The average Bonchev–Trinajstić information content (AvgIpc) is 2.32. The number of hydrogen-bond donors (Lipinski definition) is 1. The van der Waals surface area contributed by atoms with E-state index in [1.54, 1.807) is 13.0 Å². The van der Waals surface area contributed by atoms with E-state index in [9.17, 15) is 9.50 Å². The van der Waals surface area contributed by atoms with Crippen molar-refractivity contribution < 1.29 is 9.50 Å². The second kappa shape index (κ2) is 5.49. The zero-order valence-electron chi connectivity index (χ0n) is 11.1. The van der Waals surface area contributed by atoms with Gasteiger partial charge in [-0.1, -0.05) is 13.0 Å². The van der Waals surface area contributed by atoms with Crippen LogP contribution >= 0.6 is 11.8 Å². The fraction of sp³-hybridized carbons (Fsp3) is 0.571. The Morgan fingerprint density at radius 1 is 1.44 bits per heavy atom.